The Morgan fingerprint density at radius 2 is 2.00 bits per heavy atom. The van der Waals surface area contributed by atoms with Crippen LogP contribution in [0.25, 0.3) is 10.8 Å². The Labute approximate surface area is 136 Å². The van der Waals surface area contributed by atoms with E-state index in [0.717, 1.165) is 4.68 Å². The number of H-pyrrole nitrogens is 1. The van der Waals surface area contributed by atoms with Crippen molar-refractivity contribution in [2.24, 2.45) is 0 Å². The van der Waals surface area contributed by atoms with Gasteiger partial charge in [0.25, 0.3) is 11.1 Å². The Balaban J connectivity index is 1.75. The highest BCUT2D eigenvalue weighted by Gasteiger charge is 2.12. The highest BCUT2D eigenvalue weighted by atomic mass is 16.2. The third-order valence-electron chi connectivity index (χ3n) is 3.61. The Hall–Kier alpha value is -3.16. The van der Waals surface area contributed by atoms with Gasteiger partial charge in [-0.2, -0.15) is 5.10 Å². The molecule has 3 aromatic rings. The van der Waals surface area contributed by atoms with E-state index in [1.807, 2.05) is 6.92 Å². The molecule has 0 saturated carbocycles. The zero-order valence-corrected chi connectivity index (χ0v) is 13.1. The summed E-state index contributed by atoms with van der Waals surface area (Å²) in [6, 6.07) is 8.15. The molecule has 0 spiro atoms. The number of carbonyl (C=O) groups is 1. The van der Waals surface area contributed by atoms with Crippen LogP contribution in [0.1, 0.15) is 6.92 Å². The standard InChI is InChI=1S/C16H17N5O3/c1-11(9-20-8-4-7-17-20)18-14(22)10-21-16(24)13-6-3-2-5-12(13)15(23)19-21/h2-8,11H,9-10H2,1H3,(H,18,22)(H,19,23)/t11-/m1/s1. The van der Waals surface area contributed by atoms with Crippen molar-refractivity contribution in [3.8, 4) is 0 Å². The smallest absolute Gasteiger partial charge is 0.273 e. The van der Waals surface area contributed by atoms with Crippen LogP contribution < -0.4 is 16.4 Å². The highest BCUT2D eigenvalue weighted by Crippen LogP contribution is 2.02. The van der Waals surface area contributed by atoms with Gasteiger partial charge >= 0.3 is 0 Å². The van der Waals surface area contributed by atoms with Gasteiger partial charge in [-0.3, -0.25) is 24.2 Å². The van der Waals surface area contributed by atoms with E-state index in [1.165, 1.54) is 0 Å². The van der Waals surface area contributed by atoms with Crippen LogP contribution in [0.3, 0.4) is 0 Å². The molecule has 2 N–H and O–H groups in total. The van der Waals surface area contributed by atoms with Crippen molar-refractivity contribution >= 4 is 16.7 Å². The number of nitrogens with one attached hydrogen (secondary N) is 2. The van der Waals surface area contributed by atoms with Gasteiger partial charge in [0.05, 0.1) is 17.3 Å². The van der Waals surface area contributed by atoms with E-state index in [4.69, 9.17) is 0 Å². The molecule has 1 aromatic carbocycles. The van der Waals surface area contributed by atoms with Crippen molar-refractivity contribution in [3.63, 3.8) is 0 Å². The van der Waals surface area contributed by atoms with Gasteiger partial charge < -0.3 is 5.32 Å². The summed E-state index contributed by atoms with van der Waals surface area (Å²) in [5.41, 5.74) is -0.803. The average Bonchev–Trinajstić information content (AvgIpc) is 3.05. The number of aromatic amines is 1. The van der Waals surface area contributed by atoms with E-state index in [0.29, 0.717) is 17.3 Å². The molecule has 1 amide bonds. The number of hydrogen-bond acceptors (Lipinski definition) is 4. The first-order valence-corrected chi connectivity index (χ1v) is 7.53. The largest absolute Gasteiger partial charge is 0.350 e. The fraction of sp³-hybridized carbons (Fsp3) is 0.250. The third-order valence-corrected chi connectivity index (χ3v) is 3.61. The molecule has 0 bridgehead atoms. The molecular formula is C16H17N5O3. The summed E-state index contributed by atoms with van der Waals surface area (Å²) < 4.78 is 2.73. The summed E-state index contributed by atoms with van der Waals surface area (Å²) in [5.74, 6) is -0.359. The molecule has 3 rings (SSSR count). The molecular weight excluding hydrogens is 310 g/mol. The van der Waals surface area contributed by atoms with Crippen molar-refractivity contribution in [2.45, 2.75) is 26.1 Å². The quantitative estimate of drug-likeness (QED) is 0.693. The lowest BCUT2D eigenvalue weighted by Gasteiger charge is -2.14. The maximum Gasteiger partial charge on any atom is 0.273 e. The lowest BCUT2D eigenvalue weighted by molar-refractivity contribution is -0.122. The molecule has 1 atom stereocenters. The fourth-order valence-electron chi connectivity index (χ4n) is 2.56. The average molecular weight is 327 g/mol. The first kappa shape index (κ1) is 15.7. The normalized spacial score (nSPS) is 12.2. The van der Waals surface area contributed by atoms with Gasteiger partial charge in [-0.1, -0.05) is 12.1 Å². The summed E-state index contributed by atoms with van der Waals surface area (Å²) >= 11 is 0. The van der Waals surface area contributed by atoms with Gasteiger partial charge in [0.1, 0.15) is 6.54 Å². The number of amides is 1. The van der Waals surface area contributed by atoms with E-state index >= 15 is 0 Å². The number of hydrogen-bond donors (Lipinski definition) is 2. The number of carbonyl (C=O) groups excluding carboxylic acids is 1. The summed E-state index contributed by atoms with van der Waals surface area (Å²) in [4.78, 5) is 36.5. The molecule has 2 aromatic heterocycles. The minimum atomic E-state index is -0.403. The Bertz CT molecular complexity index is 971. The van der Waals surface area contributed by atoms with Crippen LogP contribution in [0.5, 0.6) is 0 Å². The van der Waals surface area contributed by atoms with Crippen molar-refractivity contribution < 1.29 is 4.79 Å². The minimum Gasteiger partial charge on any atom is -0.350 e. The third kappa shape index (κ3) is 3.27. The van der Waals surface area contributed by atoms with Gasteiger partial charge in [0.15, 0.2) is 0 Å². The topological polar surface area (TPSA) is 102 Å². The first-order valence-electron chi connectivity index (χ1n) is 7.53. The minimum absolute atomic E-state index is 0.166. The van der Waals surface area contributed by atoms with Gasteiger partial charge in [0.2, 0.25) is 5.91 Å². The molecule has 8 heteroatoms. The second-order valence-electron chi connectivity index (χ2n) is 5.57. The number of rotatable bonds is 5. The number of nitrogens with zero attached hydrogens (tertiary/aromatic N) is 3. The van der Waals surface area contributed by atoms with Gasteiger partial charge in [0, 0.05) is 18.4 Å². The van der Waals surface area contributed by atoms with E-state index in [1.54, 1.807) is 47.4 Å². The van der Waals surface area contributed by atoms with Crippen LogP contribution in [-0.2, 0) is 17.9 Å². The van der Waals surface area contributed by atoms with Crippen LogP contribution in [0, 0.1) is 0 Å². The molecule has 24 heavy (non-hydrogen) atoms. The molecule has 0 aliphatic heterocycles. The Kier molecular flexibility index (Phi) is 4.28. The molecule has 8 nitrogen and oxygen atoms in total. The van der Waals surface area contributed by atoms with Crippen LogP contribution in [0.2, 0.25) is 0 Å². The van der Waals surface area contributed by atoms with Gasteiger partial charge in [-0.05, 0) is 25.1 Å². The maximum atomic E-state index is 12.4. The monoisotopic (exact) mass is 327 g/mol. The fourth-order valence-corrected chi connectivity index (χ4v) is 2.56. The number of fused-ring (bicyclic) bond motifs is 1. The zero-order chi connectivity index (χ0) is 17.1. The van der Waals surface area contributed by atoms with Crippen LogP contribution in [-0.4, -0.2) is 31.5 Å². The SMILES string of the molecule is C[C@H](Cn1cccn1)NC(=O)Cn1[nH]c(=O)c2ccccc2c1=O. The summed E-state index contributed by atoms with van der Waals surface area (Å²) in [6.45, 7) is 2.11. The van der Waals surface area contributed by atoms with Crippen LogP contribution in [0.15, 0.2) is 52.3 Å². The lowest BCUT2D eigenvalue weighted by Crippen LogP contribution is -2.41. The van der Waals surface area contributed by atoms with E-state index in [9.17, 15) is 14.4 Å². The Morgan fingerprint density at radius 1 is 1.25 bits per heavy atom. The maximum absolute atomic E-state index is 12.4. The van der Waals surface area contributed by atoms with Crippen LogP contribution in [0.4, 0.5) is 0 Å². The summed E-state index contributed by atoms with van der Waals surface area (Å²) in [7, 11) is 0. The highest BCUT2D eigenvalue weighted by molar-refractivity contribution is 5.81. The molecule has 0 unspecified atom stereocenters. The van der Waals surface area contributed by atoms with Gasteiger partial charge in [-0.25, -0.2) is 4.68 Å². The van der Waals surface area contributed by atoms with Crippen molar-refractivity contribution in [1.82, 2.24) is 24.9 Å². The van der Waals surface area contributed by atoms with Crippen molar-refractivity contribution in [1.29, 1.82) is 0 Å². The molecule has 0 fully saturated rings. The first-order chi connectivity index (χ1) is 11.5. The van der Waals surface area contributed by atoms with E-state index in [2.05, 4.69) is 15.5 Å². The van der Waals surface area contributed by atoms with E-state index < -0.39 is 11.1 Å². The lowest BCUT2D eigenvalue weighted by atomic mass is 10.2. The van der Waals surface area contributed by atoms with Gasteiger partial charge in [-0.15, -0.1) is 0 Å². The molecule has 0 aliphatic carbocycles. The molecule has 0 aliphatic rings. The molecule has 2 heterocycles. The second-order valence-corrected chi connectivity index (χ2v) is 5.57. The number of benzene rings is 1. The number of aromatic nitrogens is 4. The molecule has 124 valence electrons. The van der Waals surface area contributed by atoms with Crippen molar-refractivity contribution in [2.75, 3.05) is 0 Å². The molecule has 0 saturated heterocycles. The zero-order valence-electron chi connectivity index (χ0n) is 13.1. The predicted octanol–water partition coefficient (Wildman–Crippen LogP) is 0.0912. The van der Waals surface area contributed by atoms with Crippen molar-refractivity contribution in [3.05, 3.63) is 63.4 Å². The summed E-state index contributed by atoms with van der Waals surface area (Å²) in [6.07, 6.45) is 3.46. The van der Waals surface area contributed by atoms with Crippen LogP contribution >= 0.6 is 0 Å². The van der Waals surface area contributed by atoms with E-state index in [-0.39, 0.29) is 18.5 Å². The second kappa shape index (κ2) is 6.53. The Morgan fingerprint density at radius 3 is 2.71 bits per heavy atom. The molecule has 0 radical (unpaired) electrons. The predicted molar refractivity (Wildman–Crippen MR) is 88.7 cm³/mol. The summed E-state index contributed by atoms with van der Waals surface area (Å²) in [5, 5.41) is 9.89.